The lowest BCUT2D eigenvalue weighted by molar-refractivity contribution is 0.480. The van der Waals surface area contributed by atoms with Crippen LogP contribution in [0.2, 0.25) is 0 Å². The summed E-state index contributed by atoms with van der Waals surface area (Å²) in [5.41, 5.74) is 1.78. The molecule has 0 aromatic carbocycles. The summed E-state index contributed by atoms with van der Waals surface area (Å²) in [4.78, 5) is 4.23. The number of aromatic nitrogens is 3. The van der Waals surface area contributed by atoms with Crippen molar-refractivity contribution in [2.24, 2.45) is 0 Å². The van der Waals surface area contributed by atoms with Crippen molar-refractivity contribution in [3.05, 3.63) is 29.8 Å². The Morgan fingerprint density at radius 2 is 2.25 bits per heavy atom. The van der Waals surface area contributed by atoms with Gasteiger partial charge in [-0.2, -0.15) is 0 Å². The molecule has 5 nitrogen and oxygen atoms in total. The van der Waals surface area contributed by atoms with Crippen LogP contribution in [0.5, 0.6) is 0 Å². The van der Waals surface area contributed by atoms with Crippen LogP contribution in [0.25, 0.3) is 11.6 Å². The van der Waals surface area contributed by atoms with Crippen molar-refractivity contribution in [2.45, 2.75) is 20.4 Å². The van der Waals surface area contributed by atoms with Crippen LogP contribution in [0.15, 0.2) is 22.7 Å². The smallest absolute Gasteiger partial charge is 0.266 e. The molecule has 0 unspecified atom stereocenters. The Morgan fingerprint density at radius 1 is 1.38 bits per heavy atom. The van der Waals surface area contributed by atoms with Gasteiger partial charge in [-0.05, 0) is 25.1 Å². The molecule has 2 rings (SSSR count). The van der Waals surface area contributed by atoms with Gasteiger partial charge in [0.1, 0.15) is 5.69 Å². The van der Waals surface area contributed by atoms with Gasteiger partial charge in [0.15, 0.2) is 0 Å². The van der Waals surface area contributed by atoms with Gasteiger partial charge < -0.3 is 9.73 Å². The van der Waals surface area contributed by atoms with Gasteiger partial charge in [0.2, 0.25) is 5.89 Å². The van der Waals surface area contributed by atoms with E-state index in [0.29, 0.717) is 18.3 Å². The van der Waals surface area contributed by atoms with E-state index in [1.54, 1.807) is 6.20 Å². The van der Waals surface area contributed by atoms with Gasteiger partial charge >= 0.3 is 0 Å². The molecule has 84 valence electrons. The van der Waals surface area contributed by atoms with E-state index >= 15 is 0 Å². The first-order valence-corrected chi connectivity index (χ1v) is 5.26. The molecule has 0 fully saturated rings. The third-order valence-electron chi connectivity index (χ3n) is 2.21. The molecule has 2 heterocycles. The molecule has 0 saturated carbocycles. The Kier molecular flexibility index (Phi) is 3.26. The van der Waals surface area contributed by atoms with Crippen molar-refractivity contribution in [2.75, 3.05) is 6.54 Å². The van der Waals surface area contributed by atoms with Crippen molar-refractivity contribution in [3.8, 4) is 11.6 Å². The molecule has 0 amide bonds. The highest BCUT2D eigenvalue weighted by Crippen LogP contribution is 2.18. The van der Waals surface area contributed by atoms with E-state index in [1.807, 2.05) is 26.0 Å². The van der Waals surface area contributed by atoms with Gasteiger partial charge in [0.05, 0.1) is 6.54 Å². The number of aryl methyl sites for hydroxylation is 1. The minimum Gasteiger partial charge on any atom is -0.418 e. The summed E-state index contributed by atoms with van der Waals surface area (Å²) < 4.78 is 5.51. The third-order valence-corrected chi connectivity index (χ3v) is 2.21. The predicted molar refractivity (Wildman–Crippen MR) is 59.6 cm³/mol. The molecule has 0 saturated heterocycles. The highest BCUT2D eigenvalue weighted by Gasteiger charge is 2.11. The molecule has 16 heavy (non-hydrogen) atoms. The Bertz CT molecular complexity index is 467. The Labute approximate surface area is 93.9 Å². The highest BCUT2D eigenvalue weighted by molar-refractivity contribution is 5.51. The second-order valence-electron chi connectivity index (χ2n) is 3.45. The SMILES string of the molecule is CCNCc1nnc(-c2ncccc2C)o1. The molecule has 5 heteroatoms. The van der Waals surface area contributed by atoms with Crippen LogP contribution < -0.4 is 5.32 Å². The van der Waals surface area contributed by atoms with Crippen molar-refractivity contribution >= 4 is 0 Å². The fourth-order valence-corrected chi connectivity index (χ4v) is 1.36. The first-order chi connectivity index (χ1) is 7.81. The summed E-state index contributed by atoms with van der Waals surface area (Å²) in [5.74, 6) is 1.06. The largest absolute Gasteiger partial charge is 0.418 e. The van der Waals surface area contributed by atoms with Crippen LogP contribution in [-0.4, -0.2) is 21.7 Å². The quantitative estimate of drug-likeness (QED) is 0.843. The predicted octanol–water partition coefficient (Wildman–Crippen LogP) is 1.55. The molecule has 0 aliphatic heterocycles. The zero-order valence-corrected chi connectivity index (χ0v) is 9.40. The number of nitrogens with zero attached hydrogens (tertiary/aromatic N) is 3. The minimum atomic E-state index is 0.478. The molecule has 0 spiro atoms. The summed E-state index contributed by atoms with van der Waals surface area (Å²) >= 11 is 0. The summed E-state index contributed by atoms with van der Waals surface area (Å²) in [7, 11) is 0. The van der Waals surface area contributed by atoms with E-state index in [9.17, 15) is 0 Å². The number of rotatable bonds is 4. The summed E-state index contributed by atoms with van der Waals surface area (Å²) in [6.45, 7) is 5.46. The van der Waals surface area contributed by atoms with E-state index in [2.05, 4.69) is 20.5 Å². The first-order valence-electron chi connectivity index (χ1n) is 5.26. The number of hydrogen-bond donors (Lipinski definition) is 1. The fraction of sp³-hybridized carbons (Fsp3) is 0.364. The third kappa shape index (κ3) is 2.25. The van der Waals surface area contributed by atoms with Crippen molar-refractivity contribution in [1.82, 2.24) is 20.5 Å². The van der Waals surface area contributed by atoms with Crippen molar-refractivity contribution in [3.63, 3.8) is 0 Å². The topological polar surface area (TPSA) is 63.8 Å². The maximum absolute atomic E-state index is 5.51. The first kappa shape index (κ1) is 10.8. The Hall–Kier alpha value is -1.75. The Balaban J connectivity index is 2.22. The lowest BCUT2D eigenvalue weighted by Gasteiger charge is -1.97. The Morgan fingerprint density at radius 3 is 3.00 bits per heavy atom. The molecule has 0 radical (unpaired) electrons. The molecular weight excluding hydrogens is 204 g/mol. The van der Waals surface area contributed by atoms with Crippen LogP contribution in [0, 0.1) is 6.92 Å². The molecule has 0 bridgehead atoms. The van der Waals surface area contributed by atoms with Crippen LogP contribution in [-0.2, 0) is 6.54 Å². The summed E-state index contributed by atoms with van der Waals surface area (Å²) in [6.07, 6.45) is 1.72. The van der Waals surface area contributed by atoms with Crippen molar-refractivity contribution < 1.29 is 4.42 Å². The van der Waals surface area contributed by atoms with E-state index in [1.165, 1.54) is 0 Å². The fourth-order valence-electron chi connectivity index (χ4n) is 1.36. The van der Waals surface area contributed by atoms with Gasteiger partial charge in [0.25, 0.3) is 5.89 Å². The average molecular weight is 218 g/mol. The van der Waals surface area contributed by atoms with E-state index in [-0.39, 0.29) is 0 Å². The summed E-state index contributed by atoms with van der Waals surface area (Å²) in [6, 6.07) is 3.85. The minimum absolute atomic E-state index is 0.478. The normalized spacial score (nSPS) is 10.6. The molecule has 1 N–H and O–H groups in total. The lowest BCUT2D eigenvalue weighted by Crippen LogP contribution is -2.11. The molecule has 2 aromatic heterocycles. The highest BCUT2D eigenvalue weighted by atomic mass is 16.4. The number of pyridine rings is 1. The monoisotopic (exact) mass is 218 g/mol. The van der Waals surface area contributed by atoms with Crippen LogP contribution in [0.4, 0.5) is 0 Å². The maximum Gasteiger partial charge on any atom is 0.266 e. The lowest BCUT2D eigenvalue weighted by atomic mass is 10.2. The van der Waals surface area contributed by atoms with E-state index in [0.717, 1.165) is 17.8 Å². The van der Waals surface area contributed by atoms with Crippen LogP contribution in [0.1, 0.15) is 18.4 Å². The molecule has 0 aliphatic carbocycles. The van der Waals surface area contributed by atoms with Crippen LogP contribution in [0.3, 0.4) is 0 Å². The average Bonchev–Trinajstić information content (AvgIpc) is 2.75. The standard InChI is InChI=1S/C11H14N4O/c1-3-12-7-9-14-15-11(16-9)10-8(2)5-4-6-13-10/h4-6,12H,3,7H2,1-2H3. The maximum atomic E-state index is 5.51. The molecule has 0 aliphatic rings. The summed E-state index contributed by atoms with van der Waals surface area (Å²) in [5, 5.41) is 11.1. The van der Waals surface area contributed by atoms with Gasteiger partial charge in [-0.15, -0.1) is 10.2 Å². The molecular formula is C11H14N4O. The van der Waals surface area contributed by atoms with E-state index < -0.39 is 0 Å². The molecule has 2 aromatic rings. The number of hydrogen-bond acceptors (Lipinski definition) is 5. The zero-order valence-electron chi connectivity index (χ0n) is 9.40. The van der Waals surface area contributed by atoms with Gasteiger partial charge in [0, 0.05) is 6.20 Å². The zero-order chi connectivity index (χ0) is 11.4. The second kappa shape index (κ2) is 4.85. The van der Waals surface area contributed by atoms with Crippen molar-refractivity contribution in [1.29, 1.82) is 0 Å². The van der Waals surface area contributed by atoms with E-state index in [4.69, 9.17) is 4.42 Å². The number of nitrogens with one attached hydrogen (secondary N) is 1. The van der Waals surface area contributed by atoms with Gasteiger partial charge in [-0.3, -0.25) is 4.98 Å². The molecule has 0 atom stereocenters. The van der Waals surface area contributed by atoms with Gasteiger partial charge in [-0.25, -0.2) is 0 Å². The van der Waals surface area contributed by atoms with Gasteiger partial charge in [-0.1, -0.05) is 13.0 Å². The van der Waals surface area contributed by atoms with Crippen LogP contribution >= 0.6 is 0 Å². The second-order valence-corrected chi connectivity index (χ2v) is 3.45.